The summed E-state index contributed by atoms with van der Waals surface area (Å²) in [5.41, 5.74) is 3.15. The van der Waals surface area contributed by atoms with E-state index in [4.69, 9.17) is 4.74 Å². The van der Waals surface area contributed by atoms with Gasteiger partial charge in [-0.2, -0.15) is 0 Å². The second-order valence-electron chi connectivity index (χ2n) is 7.82. The lowest BCUT2D eigenvalue weighted by Crippen LogP contribution is -2.47. The maximum absolute atomic E-state index is 12.9. The summed E-state index contributed by atoms with van der Waals surface area (Å²) in [6.07, 6.45) is 5.93. The normalized spacial score (nSPS) is 19.8. The average molecular weight is 403 g/mol. The monoisotopic (exact) mass is 403 g/mol. The molecule has 8 nitrogen and oxygen atoms in total. The number of piperidine rings is 1. The molecule has 0 saturated carbocycles. The summed E-state index contributed by atoms with van der Waals surface area (Å²) in [6, 6.07) is 9.33. The lowest BCUT2D eigenvalue weighted by atomic mass is 9.82. The molecular formula is C22H21N5O3. The SMILES string of the molecule is COC(=O)c1cc(N2C[C@@H]3C[C@H](C2)c2cc(-c4cccnc4)cc(=O)n2C3)ncn1. The maximum atomic E-state index is 12.9. The van der Waals surface area contributed by atoms with Crippen molar-refractivity contribution in [2.24, 2.45) is 5.92 Å². The number of ether oxygens (including phenoxy) is 1. The lowest BCUT2D eigenvalue weighted by molar-refractivity contribution is 0.0594. The predicted octanol–water partition coefficient (Wildman–Crippen LogP) is 2.11. The van der Waals surface area contributed by atoms with Crippen molar-refractivity contribution < 1.29 is 9.53 Å². The zero-order valence-corrected chi connectivity index (χ0v) is 16.6. The number of carbonyl (C=O) groups is 1. The van der Waals surface area contributed by atoms with E-state index in [1.165, 1.54) is 13.4 Å². The first-order valence-corrected chi connectivity index (χ1v) is 9.93. The summed E-state index contributed by atoms with van der Waals surface area (Å²) in [5.74, 6) is 0.779. The number of hydrogen-bond donors (Lipinski definition) is 0. The van der Waals surface area contributed by atoms with Gasteiger partial charge in [-0.1, -0.05) is 6.07 Å². The van der Waals surface area contributed by atoms with Crippen LogP contribution in [0, 0.1) is 5.92 Å². The van der Waals surface area contributed by atoms with E-state index in [0.29, 0.717) is 18.3 Å². The Morgan fingerprint density at radius 2 is 2.03 bits per heavy atom. The lowest BCUT2D eigenvalue weighted by Gasteiger charge is -2.43. The summed E-state index contributed by atoms with van der Waals surface area (Å²) in [5, 5.41) is 0. The van der Waals surface area contributed by atoms with Gasteiger partial charge in [0, 0.05) is 61.3 Å². The smallest absolute Gasteiger partial charge is 0.356 e. The van der Waals surface area contributed by atoms with Crippen molar-refractivity contribution in [3.05, 3.63) is 70.8 Å². The van der Waals surface area contributed by atoms with Crippen LogP contribution in [0.3, 0.4) is 0 Å². The molecule has 0 N–H and O–H groups in total. The Balaban J connectivity index is 1.49. The van der Waals surface area contributed by atoms with Crippen LogP contribution < -0.4 is 10.5 Å². The molecule has 0 unspecified atom stereocenters. The number of rotatable bonds is 3. The van der Waals surface area contributed by atoms with E-state index in [2.05, 4.69) is 25.9 Å². The maximum Gasteiger partial charge on any atom is 0.356 e. The van der Waals surface area contributed by atoms with Gasteiger partial charge < -0.3 is 14.2 Å². The number of carbonyl (C=O) groups excluding carboxylic acids is 1. The van der Waals surface area contributed by atoms with E-state index in [1.807, 2.05) is 16.7 Å². The van der Waals surface area contributed by atoms with Gasteiger partial charge in [0.05, 0.1) is 7.11 Å². The Morgan fingerprint density at radius 1 is 1.13 bits per heavy atom. The van der Waals surface area contributed by atoms with Crippen molar-refractivity contribution in [1.29, 1.82) is 0 Å². The second-order valence-corrected chi connectivity index (χ2v) is 7.82. The molecule has 8 heteroatoms. The molecule has 3 aromatic heterocycles. The summed E-state index contributed by atoms with van der Waals surface area (Å²) >= 11 is 0. The molecule has 0 radical (unpaired) electrons. The van der Waals surface area contributed by atoms with E-state index < -0.39 is 5.97 Å². The summed E-state index contributed by atoms with van der Waals surface area (Å²) < 4.78 is 6.69. The Kier molecular flexibility index (Phi) is 4.54. The van der Waals surface area contributed by atoms with Gasteiger partial charge in [0.1, 0.15) is 12.1 Å². The topological polar surface area (TPSA) is 90.2 Å². The van der Waals surface area contributed by atoms with Gasteiger partial charge in [0.2, 0.25) is 0 Å². The zero-order chi connectivity index (χ0) is 20.7. The van der Waals surface area contributed by atoms with Crippen LogP contribution >= 0.6 is 0 Å². The molecule has 0 amide bonds. The molecule has 1 fully saturated rings. The Hall–Kier alpha value is -3.55. The third-order valence-electron chi connectivity index (χ3n) is 5.92. The molecule has 152 valence electrons. The molecule has 1 saturated heterocycles. The van der Waals surface area contributed by atoms with Crippen molar-refractivity contribution in [1.82, 2.24) is 19.5 Å². The molecule has 2 atom stereocenters. The van der Waals surface area contributed by atoms with Crippen LogP contribution in [0.4, 0.5) is 5.82 Å². The fourth-order valence-corrected chi connectivity index (χ4v) is 4.58. The van der Waals surface area contributed by atoms with Gasteiger partial charge >= 0.3 is 5.97 Å². The van der Waals surface area contributed by atoms with Crippen LogP contribution in [0.15, 0.2) is 53.8 Å². The molecule has 2 aliphatic heterocycles. The highest BCUT2D eigenvalue weighted by atomic mass is 16.5. The number of methoxy groups -OCH3 is 1. The second kappa shape index (κ2) is 7.37. The predicted molar refractivity (Wildman–Crippen MR) is 110 cm³/mol. The summed E-state index contributed by atoms with van der Waals surface area (Å²) in [6.45, 7) is 2.19. The molecule has 30 heavy (non-hydrogen) atoms. The highest BCUT2D eigenvalue weighted by molar-refractivity contribution is 5.87. The standard InChI is InChI=1S/C22H21N5O3/c1-30-22(29)18-8-20(25-13-24-18)26-10-14-5-17(12-26)19-6-16(7-21(28)27(19)11-14)15-3-2-4-23-9-15/h2-4,6-9,13-14,17H,5,10-12H2,1H3/t14-,17+/m0/s1. The highest BCUT2D eigenvalue weighted by Gasteiger charge is 2.35. The van der Waals surface area contributed by atoms with Gasteiger partial charge in [-0.15, -0.1) is 0 Å². The minimum Gasteiger partial charge on any atom is -0.464 e. The molecule has 5 heterocycles. The van der Waals surface area contributed by atoms with Crippen LogP contribution in [-0.2, 0) is 11.3 Å². The molecule has 2 bridgehead atoms. The van der Waals surface area contributed by atoms with Crippen LogP contribution in [-0.4, -0.2) is 45.7 Å². The molecule has 5 rings (SSSR count). The minimum atomic E-state index is -0.478. The van der Waals surface area contributed by atoms with Crippen LogP contribution in [0.5, 0.6) is 0 Å². The largest absolute Gasteiger partial charge is 0.464 e. The number of fused-ring (bicyclic) bond motifs is 4. The number of esters is 1. The molecule has 0 spiro atoms. The van der Waals surface area contributed by atoms with E-state index in [9.17, 15) is 9.59 Å². The van der Waals surface area contributed by atoms with Crippen LogP contribution in [0.1, 0.15) is 28.5 Å². The van der Waals surface area contributed by atoms with Crippen molar-refractivity contribution in [3.8, 4) is 11.1 Å². The molecule has 3 aromatic rings. The van der Waals surface area contributed by atoms with Gasteiger partial charge in [0.25, 0.3) is 5.56 Å². The molecule has 2 aliphatic rings. The number of nitrogens with zero attached hydrogens (tertiary/aromatic N) is 5. The highest BCUT2D eigenvalue weighted by Crippen LogP contribution is 2.37. The fourth-order valence-electron chi connectivity index (χ4n) is 4.58. The minimum absolute atomic E-state index is 0.0320. The van der Waals surface area contributed by atoms with Crippen LogP contribution in [0.2, 0.25) is 0 Å². The number of pyridine rings is 2. The quantitative estimate of drug-likeness (QED) is 0.619. The van der Waals surface area contributed by atoms with Crippen molar-refractivity contribution >= 4 is 11.8 Å². The van der Waals surface area contributed by atoms with Crippen molar-refractivity contribution in [2.75, 3.05) is 25.1 Å². The third-order valence-corrected chi connectivity index (χ3v) is 5.92. The van der Waals surface area contributed by atoms with Crippen molar-refractivity contribution in [2.45, 2.75) is 18.9 Å². The van der Waals surface area contributed by atoms with Gasteiger partial charge in [-0.3, -0.25) is 9.78 Å². The first kappa shape index (κ1) is 18.5. The van der Waals surface area contributed by atoms with Crippen molar-refractivity contribution in [3.63, 3.8) is 0 Å². The number of aromatic nitrogens is 4. The fraction of sp³-hybridized carbons (Fsp3) is 0.318. The summed E-state index contributed by atoms with van der Waals surface area (Å²) in [7, 11) is 1.34. The first-order chi connectivity index (χ1) is 14.6. The third kappa shape index (κ3) is 3.24. The first-order valence-electron chi connectivity index (χ1n) is 9.93. The average Bonchev–Trinajstić information content (AvgIpc) is 2.79. The Morgan fingerprint density at radius 3 is 2.83 bits per heavy atom. The molecular weight excluding hydrogens is 382 g/mol. The van der Waals surface area contributed by atoms with E-state index >= 15 is 0 Å². The van der Waals surface area contributed by atoms with E-state index in [-0.39, 0.29) is 17.2 Å². The number of anilines is 1. The Labute approximate surface area is 173 Å². The summed E-state index contributed by atoms with van der Waals surface area (Å²) in [4.78, 5) is 39.4. The zero-order valence-electron chi connectivity index (χ0n) is 16.6. The number of hydrogen-bond acceptors (Lipinski definition) is 7. The van der Waals surface area contributed by atoms with E-state index in [1.54, 1.807) is 24.5 Å². The molecule has 0 aromatic carbocycles. The van der Waals surface area contributed by atoms with Gasteiger partial charge in [-0.05, 0) is 30.0 Å². The van der Waals surface area contributed by atoms with Crippen LogP contribution in [0.25, 0.3) is 11.1 Å². The van der Waals surface area contributed by atoms with E-state index in [0.717, 1.165) is 36.3 Å². The Bertz CT molecular complexity index is 1160. The molecule has 0 aliphatic carbocycles. The van der Waals surface area contributed by atoms with Gasteiger partial charge in [0.15, 0.2) is 5.69 Å². The van der Waals surface area contributed by atoms with Gasteiger partial charge in [-0.25, -0.2) is 14.8 Å².